The molecule has 0 heterocycles. The molecule has 2 rings (SSSR count). The van der Waals surface area contributed by atoms with Gasteiger partial charge in [0, 0.05) is 6.04 Å². The van der Waals surface area contributed by atoms with Crippen molar-refractivity contribution in [3.8, 4) is 0 Å². The number of halogens is 2. The molecule has 3 heteroatoms. The van der Waals surface area contributed by atoms with Gasteiger partial charge in [-0.05, 0) is 52.4 Å². The second-order valence-corrected chi connectivity index (χ2v) is 4.74. The van der Waals surface area contributed by atoms with Gasteiger partial charge in [0.15, 0.2) is 0 Å². The van der Waals surface area contributed by atoms with E-state index in [4.69, 9.17) is 5.73 Å². The summed E-state index contributed by atoms with van der Waals surface area (Å²) in [4.78, 5) is 0. The van der Waals surface area contributed by atoms with Gasteiger partial charge in [0.2, 0.25) is 0 Å². The Morgan fingerprint density at radius 3 is 2.64 bits per heavy atom. The van der Waals surface area contributed by atoms with Crippen LogP contribution in [0.3, 0.4) is 0 Å². The summed E-state index contributed by atoms with van der Waals surface area (Å²) in [6.45, 7) is 0. The molecule has 14 heavy (non-hydrogen) atoms. The molecule has 1 saturated carbocycles. The van der Waals surface area contributed by atoms with Crippen molar-refractivity contribution in [2.24, 2.45) is 11.7 Å². The number of benzene rings is 1. The molecule has 0 bridgehead atoms. The third kappa shape index (κ3) is 1.84. The van der Waals surface area contributed by atoms with E-state index in [1.807, 2.05) is 6.07 Å². The summed E-state index contributed by atoms with van der Waals surface area (Å²) in [6.07, 6.45) is 3.62. The van der Waals surface area contributed by atoms with Gasteiger partial charge in [-0.15, -0.1) is 0 Å². The molecule has 0 aliphatic heterocycles. The highest BCUT2D eigenvalue weighted by atomic mass is 79.9. The fourth-order valence-corrected chi connectivity index (χ4v) is 2.04. The van der Waals surface area contributed by atoms with Crippen molar-refractivity contribution in [1.82, 2.24) is 0 Å². The Balaban J connectivity index is 2.18. The molecule has 1 aromatic carbocycles. The molecule has 1 fully saturated rings. The van der Waals surface area contributed by atoms with Crippen LogP contribution < -0.4 is 5.73 Å². The van der Waals surface area contributed by atoms with Crippen LogP contribution in [0.1, 0.15) is 30.9 Å². The van der Waals surface area contributed by atoms with E-state index in [0.29, 0.717) is 10.4 Å². The summed E-state index contributed by atoms with van der Waals surface area (Å²) in [6, 6.07) is 5.17. The van der Waals surface area contributed by atoms with E-state index in [-0.39, 0.29) is 11.9 Å². The Kier molecular flexibility index (Phi) is 2.88. The normalized spacial score (nSPS) is 19.1. The van der Waals surface area contributed by atoms with Crippen molar-refractivity contribution < 1.29 is 4.39 Å². The molecule has 0 saturated heterocycles. The van der Waals surface area contributed by atoms with E-state index >= 15 is 0 Å². The molecule has 1 unspecified atom stereocenters. The van der Waals surface area contributed by atoms with Crippen LogP contribution in [0.25, 0.3) is 0 Å². The van der Waals surface area contributed by atoms with Gasteiger partial charge in [-0.1, -0.05) is 12.5 Å². The first-order valence-electron chi connectivity index (χ1n) is 4.89. The molecule has 76 valence electrons. The van der Waals surface area contributed by atoms with E-state index < -0.39 is 0 Å². The Bertz CT molecular complexity index is 336. The lowest BCUT2D eigenvalue weighted by Crippen LogP contribution is -2.26. The van der Waals surface area contributed by atoms with E-state index in [0.717, 1.165) is 5.56 Å². The second kappa shape index (κ2) is 3.99. The average molecular weight is 258 g/mol. The largest absolute Gasteiger partial charge is 0.324 e. The van der Waals surface area contributed by atoms with Gasteiger partial charge in [-0.2, -0.15) is 0 Å². The summed E-state index contributed by atoms with van der Waals surface area (Å²) in [5, 5.41) is 0. The van der Waals surface area contributed by atoms with Crippen LogP contribution in [0.5, 0.6) is 0 Å². The van der Waals surface area contributed by atoms with E-state index in [1.165, 1.54) is 25.3 Å². The summed E-state index contributed by atoms with van der Waals surface area (Å²) < 4.78 is 13.7. The first kappa shape index (κ1) is 10.1. The maximum absolute atomic E-state index is 13.2. The minimum atomic E-state index is -0.225. The summed E-state index contributed by atoms with van der Waals surface area (Å²) in [7, 11) is 0. The predicted octanol–water partition coefficient (Wildman–Crippen LogP) is 3.39. The zero-order valence-corrected chi connectivity index (χ0v) is 9.43. The first-order valence-corrected chi connectivity index (χ1v) is 5.68. The highest BCUT2D eigenvalue weighted by Crippen LogP contribution is 2.36. The predicted molar refractivity (Wildman–Crippen MR) is 58.4 cm³/mol. The summed E-state index contributed by atoms with van der Waals surface area (Å²) in [5.41, 5.74) is 6.95. The molecule has 1 aromatic rings. The van der Waals surface area contributed by atoms with Crippen LogP contribution in [0, 0.1) is 11.7 Å². The lowest BCUT2D eigenvalue weighted by atomic mass is 9.77. The van der Waals surface area contributed by atoms with Crippen molar-refractivity contribution in [3.63, 3.8) is 0 Å². The van der Waals surface area contributed by atoms with Crippen molar-refractivity contribution in [2.75, 3.05) is 0 Å². The second-order valence-electron chi connectivity index (χ2n) is 3.89. The topological polar surface area (TPSA) is 26.0 Å². The van der Waals surface area contributed by atoms with Gasteiger partial charge in [-0.3, -0.25) is 0 Å². The fourth-order valence-electron chi connectivity index (χ4n) is 1.79. The van der Waals surface area contributed by atoms with Crippen LogP contribution in [-0.2, 0) is 0 Å². The van der Waals surface area contributed by atoms with Crippen molar-refractivity contribution >= 4 is 15.9 Å². The van der Waals surface area contributed by atoms with Gasteiger partial charge < -0.3 is 5.73 Å². The van der Waals surface area contributed by atoms with E-state index in [2.05, 4.69) is 15.9 Å². The maximum Gasteiger partial charge on any atom is 0.137 e. The monoisotopic (exact) mass is 257 g/mol. The molecule has 1 aliphatic rings. The molecule has 1 nitrogen and oxygen atoms in total. The quantitative estimate of drug-likeness (QED) is 0.864. The highest BCUT2D eigenvalue weighted by molar-refractivity contribution is 9.10. The molecule has 0 aromatic heterocycles. The number of rotatable bonds is 2. The molecular weight excluding hydrogens is 245 g/mol. The third-order valence-corrected chi connectivity index (χ3v) is 3.63. The van der Waals surface area contributed by atoms with Crippen molar-refractivity contribution in [3.05, 3.63) is 34.1 Å². The maximum atomic E-state index is 13.2. The van der Waals surface area contributed by atoms with Gasteiger partial charge in [-0.25, -0.2) is 4.39 Å². The van der Waals surface area contributed by atoms with Crippen LogP contribution >= 0.6 is 15.9 Å². The minimum absolute atomic E-state index is 0.00588. The van der Waals surface area contributed by atoms with Crippen molar-refractivity contribution in [2.45, 2.75) is 25.3 Å². The van der Waals surface area contributed by atoms with Crippen LogP contribution in [0.15, 0.2) is 22.7 Å². The molecule has 0 radical (unpaired) electrons. The molecule has 1 aliphatic carbocycles. The molecule has 0 amide bonds. The molecule has 1 atom stereocenters. The Labute approximate surface area is 91.6 Å². The zero-order chi connectivity index (χ0) is 10.1. The Morgan fingerprint density at radius 1 is 1.43 bits per heavy atom. The number of hydrogen-bond donors (Lipinski definition) is 1. The lowest BCUT2D eigenvalue weighted by Gasteiger charge is -2.31. The van der Waals surface area contributed by atoms with Crippen molar-refractivity contribution in [1.29, 1.82) is 0 Å². The molecular formula is C11H13BrFN. The van der Waals surface area contributed by atoms with E-state index in [1.54, 1.807) is 6.07 Å². The number of hydrogen-bond acceptors (Lipinski definition) is 1. The van der Waals surface area contributed by atoms with Gasteiger partial charge in [0.25, 0.3) is 0 Å². The molecule has 0 spiro atoms. The summed E-state index contributed by atoms with van der Waals surface area (Å²) in [5.74, 6) is 0.327. The van der Waals surface area contributed by atoms with Gasteiger partial charge in [0.1, 0.15) is 5.82 Å². The lowest BCUT2D eigenvalue weighted by molar-refractivity contribution is 0.264. The summed E-state index contributed by atoms with van der Waals surface area (Å²) >= 11 is 3.13. The fraction of sp³-hybridized carbons (Fsp3) is 0.455. The Hall–Kier alpha value is -0.410. The number of nitrogens with two attached hydrogens (primary N) is 1. The third-order valence-electron chi connectivity index (χ3n) is 2.99. The molecule has 2 N–H and O–H groups in total. The standard InChI is InChI=1S/C11H13BrFN/c12-9-5-4-8(6-10(9)13)11(14)7-2-1-3-7/h4-7,11H,1-3,14H2. The van der Waals surface area contributed by atoms with Crippen LogP contribution in [-0.4, -0.2) is 0 Å². The van der Waals surface area contributed by atoms with E-state index in [9.17, 15) is 4.39 Å². The SMILES string of the molecule is NC(c1ccc(Br)c(F)c1)C1CCC1. The van der Waals surface area contributed by atoms with Gasteiger partial charge >= 0.3 is 0 Å². The zero-order valence-electron chi connectivity index (χ0n) is 7.84. The van der Waals surface area contributed by atoms with Crippen LogP contribution in [0.4, 0.5) is 4.39 Å². The minimum Gasteiger partial charge on any atom is -0.324 e. The smallest absolute Gasteiger partial charge is 0.137 e. The van der Waals surface area contributed by atoms with Crippen LogP contribution in [0.2, 0.25) is 0 Å². The Morgan fingerprint density at radius 2 is 2.14 bits per heavy atom. The van der Waals surface area contributed by atoms with Gasteiger partial charge in [0.05, 0.1) is 4.47 Å². The first-order chi connectivity index (χ1) is 6.68. The average Bonchev–Trinajstić information content (AvgIpc) is 2.06. The highest BCUT2D eigenvalue weighted by Gasteiger charge is 2.25.